The first kappa shape index (κ1) is 12.0. The molecule has 0 aliphatic carbocycles. The number of aromatic hydroxyl groups is 1. The molecule has 4 nitrogen and oxygen atoms in total. The molecule has 1 amide bonds. The van der Waals surface area contributed by atoms with Gasteiger partial charge < -0.3 is 10.4 Å². The number of benzene rings is 1. The number of pyridine rings is 1. The van der Waals surface area contributed by atoms with Crippen molar-refractivity contribution in [2.45, 2.75) is 6.92 Å². The van der Waals surface area contributed by atoms with Gasteiger partial charge in [-0.25, -0.2) is 4.39 Å². The number of halogens is 1. The van der Waals surface area contributed by atoms with Gasteiger partial charge in [0.15, 0.2) is 0 Å². The number of aryl methyl sites for hydroxylation is 1. The van der Waals surface area contributed by atoms with Crippen molar-refractivity contribution in [2.24, 2.45) is 0 Å². The van der Waals surface area contributed by atoms with E-state index in [2.05, 4.69) is 10.3 Å². The zero-order chi connectivity index (χ0) is 13.1. The van der Waals surface area contributed by atoms with Crippen molar-refractivity contribution in [2.75, 3.05) is 5.32 Å². The van der Waals surface area contributed by atoms with Crippen LogP contribution in [0.5, 0.6) is 5.75 Å². The summed E-state index contributed by atoms with van der Waals surface area (Å²) in [5.74, 6) is -1.57. The largest absolute Gasteiger partial charge is 0.508 e. The highest BCUT2D eigenvalue weighted by molar-refractivity contribution is 6.04. The summed E-state index contributed by atoms with van der Waals surface area (Å²) in [6.45, 7) is 1.74. The lowest BCUT2D eigenvalue weighted by Crippen LogP contribution is -2.14. The summed E-state index contributed by atoms with van der Waals surface area (Å²) in [5, 5.41) is 11.6. The Bertz CT molecular complexity index is 599. The maximum atomic E-state index is 13.5. The number of carbonyl (C=O) groups is 1. The minimum absolute atomic E-state index is 0.129. The molecule has 0 unspecified atom stereocenters. The van der Waals surface area contributed by atoms with Gasteiger partial charge in [-0.1, -0.05) is 0 Å². The molecule has 0 fully saturated rings. The average molecular weight is 246 g/mol. The van der Waals surface area contributed by atoms with Crippen molar-refractivity contribution in [3.05, 3.63) is 53.6 Å². The normalized spacial score (nSPS) is 10.1. The second kappa shape index (κ2) is 4.83. The van der Waals surface area contributed by atoms with E-state index >= 15 is 0 Å². The first-order chi connectivity index (χ1) is 8.58. The first-order valence-electron chi connectivity index (χ1n) is 5.29. The number of amides is 1. The Morgan fingerprint density at radius 3 is 2.83 bits per heavy atom. The molecule has 0 saturated heterocycles. The molecule has 2 aromatic rings. The molecule has 0 bridgehead atoms. The number of phenolic OH excluding ortho intramolecular Hbond substituents is 1. The lowest BCUT2D eigenvalue weighted by atomic mass is 10.2. The van der Waals surface area contributed by atoms with Crippen molar-refractivity contribution in [3.63, 3.8) is 0 Å². The third-order valence-electron chi connectivity index (χ3n) is 2.45. The molecule has 1 aromatic heterocycles. The van der Waals surface area contributed by atoms with E-state index in [4.69, 9.17) is 5.11 Å². The van der Waals surface area contributed by atoms with E-state index in [1.165, 1.54) is 12.1 Å². The van der Waals surface area contributed by atoms with Gasteiger partial charge in [0.05, 0.1) is 16.9 Å². The fourth-order valence-corrected chi connectivity index (χ4v) is 1.49. The minimum Gasteiger partial charge on any atom is -0.508 e. The van der Waals surface area contributed by atoms with Gasteiger partial charge in [0.2, 0.25) is 0 Å². The van der Waals surface area contributed by atoms with Crippen molar-refractivity contribution in [1.82, 2.24) is 4.98 Å². The van der Waals surface area contributed by atoms with Gasteiger partial charge in [0, 0.05) is 12.3 Å². The number of rotatable bonds is 2. The van der Waals surface area contributed by atoms with Gasteiger partial charge in [0.25, 0.3) is 5.91 Å². The van der Waals surface area contributed by atoms with Gasteiger partial charge in [-0.15, -0.1) is 0 Å². The van der Waals surface area contributed by atoms with E-state index in [-0.39, 0.29) is 11.3 Å². The lowest BCUT2D eigenvalue weighted by Gasteiger charge is -2.08. The monoisotopic (exact) mass is 246 g/mol. The summed E-state index contributed by atoms with van der Waals surface area (Å²) in [7, 11) is 0. The zero-order valence-corrected chi connectivity index (χ0v) is 9.64. The average Bonchev–Trinajstić information content (AvgIpc) is 2.32. The van der Waals surface area contributed by atoms with Gasteiger partial charge in [-0.2, -0.15) is 0 Å². The van der Waals surface area contributed by atoms with Crippen molar-refractivity contribution in [1.29, 1.82) is 0 Å². The van der Waals surface area contributed by atoms with Crippen LogP contribution >= 0.6 is 0 Å². The fraction of sp³-hybridized carbons (Fsp3) is 0.0769. The molecule has 1 aromatic carbocycles. The summed E-state index contributed by atoms with van der Waals surface area (Å²) < 4.78 is 13.5. The molecule has 5 heteroatoms. The van der Waals surface area contributed by atoms with Crippen LogP contribution in [0.25, 0.3) is 0 Å². The Hall–Kier alpha value is -2.43. The second-order valence-electron chi connectivity index (χ2n) is 3.75. The maximum absolute atomic E-state index is 13.5. The third-order valence-corrected chi connectivity index (χ3v) is 2.45. The Labute approximate surface area is 103 Å². The second-order valence-corrected chi connectivity index (χ2v) is 3.75. The van der Waals surface area contributed by atoms with E-state index in [0.29, 0.717) is 11.4 Å². The summed E-state index contributed by atoms with van der Waals surface area (Å²) >= 11 is 0. The highest BCUT2D eigenvalue weighted by atomic mass is 19.1. The molecule has 0 atom stereocenters. The molecule has 2 rings (SSSR count). The predicted molar refractivity (Wildman–Crippen MR) is 65.0 cm³/mol. The number of hydrogen-bond acceptors (Lipinski definition) is 3. The van der Waals surface area contributed by atoms with E-state index in [0.717, 1.165) is 6.07 Å². The molecule has 0 radical (unpaired) electrons. The van der Waals surface area contributed by atoms with E-state index in [1.54, 1.807) is 25.3 Å². The maximum Gasteiger partial charge on any atom is 0.258 e. The topological polar surface area (TPSA) is 62.2 Å². The van der Waals surface area contributed by atoms with Crippen molar-refractivity contribution in [3.8, 4) is 5.75 Å². The SMILES string of the molecule is Cc1ncccc1NC(=O)c1ccc(O)cc1F. The zero-order valence-electron chi connectivity index (χ0n) is 9.64. The quantitative estimate of drug-likeness (QED) is 0.855. The number of carbonyl (C=O) groups excluding carboxylic acids is 1. The standard InChI is InChI=1S/C13H11FN2O2/c1-8-12(3-2-6-15-8)16-13(18)10-5-4-9(17)7-11(10)14/h2-7,17H,1H3,(H,16,18). The molecule has 0 aliphatic rings. The number of phenols is 1. The predicted octanol–water partition coefficient (Wildman–Crippen LogP) is 2.49. The van der Waals surface area contributed by atoms with Crippen LogP contribution < -0.4 is 5.32 Å². The Balaban J connectivity index is 2.25. The number of nitrogens with zero attached hydrogens (tertiary/aromatic N) is 1. The first-order valence-corrected chi connectivity index (χ1v) is 5.29. The van der Waals surface area contributed by atoms with Gasteiger partial charge in [0.1, 0.15) is 11.6 Å². The van der Waals surface area contributed by atoms with E-state index < -0.39 is 11.7 Å². The summed E-state index contributed by atoms with van der Waals surface area (Å²) in [4.78, 5) is 15.9. The molecule has 0 spiro atoms. The Kier molecular flexibility index (Phi) is 3.23. The van der Waals surface area contributed by atoms with Crippen LogP contribution in [-0.2, 0) is 0 Å². The van der Waals surface area contributed by atoms with Gasteiger partial charge in [-0.3, -0.25) is 9.78 Å². The van der Waals surface area contributed by atoms with Crippen LogP contribution in [0, 0.1) is 12.7 Å². The summed E-state index contributed by atoms with van der Waals surface area (Å²) in [6, 6.07) is 6.74. The van der Waals surface area contributed by atoms with E-state index in [9.17, 15) is 9.18 Å². The van der Waals surface area contributed by atoms with Crippen LogP contribution in [0.1, 0.15) is 16.1 Å². The number of anilines is 1. The molecule has 1 heterocycles. The molecular weight excluding hydrogens is 235 g/mol. The smallest absolute Gasteiger partial charge is 0.258 e. The Morgan fingerprint density at radius 1 is 1.39 bits per heavy atom. The van der Waals surface area contributed by atoms with Crippen LogP contribution in [0.4, 0.5) is 10.1 Å². The summed E-state index contributed by atoms with van der Waals surface area (Å²) in [6.07, 6.45) is 1.60. The highest BCUT2D eigenvalue weighted by Gasteiger charge is 2.13. The molecule has 92 valence electrons. The number of hydrogen-bond donors (Lipinski definition) is 2. The van der Waals surface area contributed by atoms with Gasteiger partial charge >= 0.3 is 0 Å². The van der Waals surface area contributed by atoms with Crippen LogP contribution in [0.2, 0.25) is 0 Å². The van der Waals surface area contributed by atoms with Crippen LogP contribution in [0.15, 0.2) is 36.5 Å². The van der Waals surface area contributed by atoms with Crippen LogP contribution in [0.3, 0.4) is 0 Å². The Morgan fingerprint density at radius 2 is 2.17 bits per heavy atom. The van der Waals surface area contributed by atoms with Crippen LogP contribution in [-0.4, -0.2) is 16.0 Å². The number of aromatic nitrogens is 1. The van der Waals surface area contributed by atoms with Crippen molar-refractivity contribution < 1.29 is 14.3 Å². The molecule has 18 heavy (non-hydrogen) atoms. The molecule has 0 saturated carbocycles. The van der Waals surface area contributed by atoms with Gasteiger partial charge in [-0.05, 0) is 31.2 Å². The van der Waals surface area contributed by atoms with Crippen molar-refractivity contribution >= 4 is 11.6 Å². The molecule has 2 N–H and O–H groups in total. The third kappa shape index (κ3) is 2.45. The highest BCUT2D eigenvalue weighted by Crippen LogP contribution is 2.17. The number of nitrogens with one attached hydrogen (secondary N) is 1. The molecule has 0 aliphatic heterocycles. The summed E-state index contributed by atoms with van der Waals surface area (Å²) in [5.41, 5.74) is 1.04. The molecular formula is C13H11FN2O2. The minimum atomic E-state index is -0.769. The fourth-order valence-electron chi connectivity index (χ4n) is 1.49. The lowest BCUT2D eigenvalue weighted by molar-refractivity contribution is 0.102. The van der Waals surface area contributed by atoms with E-state index in [1.807, 2.05) is 0 Å².